The molecule has 1 aliphatic rings. The molecule has 0 amide bonds. The van der Waals surface area contributed by atoms with Crippen molar-refractivity contribution >= 4 is 5.69 Å². The van der Waals surface area contributed by atoms with Crippen LogP contribution in [0.3, 0.4) is 0 Å². The summed E-state index contributed by atoms with van der Waals surface area (Å²) in [5.41, 5.74) is 0.796. The molecular formula is C12H14N6O3. The van der Waals surface area contributed by atoms with Crippen LogP contribution in [-0.4, -0.2) is 56.3 Å². The minimum atomic E-state index is -0.430. The molecule has 9 heteroatoms. The Bertz CT molecular complexity index is 620. The van der Waals surface area contributed by atoms with Crippen LogP contribution in [-0.2, 0) is 11.4 Å². The molecule has 21 heavy (non-hydrogen) atoms. The molecule has 0 atom stereocenters. The smallest absolute Gasteiger partial charge is 0.269 e. The van der Waals surface area contributed by atoms with Crippen molar-refractivity contribution in [3.63, 3.8) is 0 Å². The van der Waals surface area contributed by atoms with Gasteiger partial charge in [-0.2, -0.15) is 0 Å². The predicted molar refractivity (Wildman–Crippen MR) is 72.3 cm³/mol. The summed E-state index contributed by atoms with van der Waals surface area (Å²) in [6, 6.07) is 6.20. The number of rotatable bonds is 4. The highest BCUT2D eigenvalue weighted by Gasteiger charge is 2.16. The van der Waals surface area contributed by atoms with Gasteiger partial charge in [-0.3, -0.25) is 15.0 Å². The number of nitro benzene ring substituents is 1. The molecule has 0 aliphatic carbocycles. The molecule has 3 rings (SSSR count). The molecule has 0 saturated carbocycles. The van der Waals surface area contributed by atoms with Crippen LogP contribution in [0.15, 0.2) is 24.3 Å². The molecule has 0 unspecified atom stereocenters. The zero-order valence-corrected chi connectivity index (χ0v) is 11.3. The lowest BCUT2D eigenvalue weighted by Gasteiger charge is -2.26. The highest BCUT2D eigenvalue weighted by atomic mass is 16.6. The highest BCUT2D eigenvalue weighted by molar-refractivity contribution is 5.56. The lowest BCUT2D eigenvalue weighted by Crippen LogP contribution is -2.37. The second-order valence-electron chi connectivity index (χ2n) is 4.68. The number of nitrogens with zero attached hydrogens (tertiary/aromatic N) is 6. The van der Waals surface area contributed by atoms with E-state index in [1.165, 1.54) is 12.1 Å². The van der Waals surface area contributed by atoms with Gasteiger partial charge in [0.2, 0.25) is 0 Å². The standard InChI is InChI=1S/C12H14N6O3/c19-18(20)11-3-1-10(2-4-11)12-13-14-15-17(12)9-16-5-7-21-8-6-16/h1-4H,5-9H2. The first-order valence-corrected chi connectivity index (χ1v) is 6.55. The summed E-state index contributed by atoms with van der Waals surface area (Å²) in [6.45, 7) is 3.64. The average molecular weight is 290 g/mol. The predicted octanol–water partition coefficient (Wildman–Crippen LogP) is 0.538. The van der Waals surface area contributed by atoms with Gasteiger partial charge in [-0.05, 0) is 22.6 Å². The van der Waals surface area contributed by atoms with E-state index in [0.29, 0.717) is 25.7 Å². The quantitative estimate of drug-likeness (QED) is 0.598. The van der Waals surface area contributed by atoms with E-state index < -0.39 is 4.92 Å². The number of ether oxygens (including phenoxy) is 1. The van der Waals surface area contributed by atoms with Gasteiger partial charge in [0.25, 0.3) is 5.69 Å². The molecule has 1 saturated heterocycles. The number of morpholine rings is 1. The van der Waals surface area contributed by atoms with Crippen molar-refractivity contribution in [1.82, 2.24) is 25.1 Å². The van der Waals surface area contributed by atoms with E-state index >= 15 is 0 Å². The average Bonchev–Trinajstić information content (AvgIpc) is 2.96. The van der Waals surface area contributed by atoms with Crippen LogP contribution >= 0.6 is 0 Å². The van der Waals surface area contributed by atoms with Crippen molar-refractivity contribution in [3.05, 3.63) is 34.4 Å². The fourth-order valence-electron chi connectivity index (χ4n) is 2.17. The Hall–Kier alpha value is -2.39. The van der Waals surface area contributed by atoms with Crippen molar-refractivity contribution in [2.45, 2.75) is 6.67 Å². The van der Waals surface area contributed by atoms with Crippen LogP contribution in [0.1, 0.15) is 0 Å². The molecule has 1 aromatic carbocycles. The zero-order chi connectivity index (χ0) is 14.7. The summed E-state index contributed by atoms with van der Waals surface area (Å²) in [4.78, 5) is 12.4. The van der Waals surface area contributed by atoms with Crippen LogP contribution < -0.4 is 0 Å². The molecule has 0 N–H and O–H groups in total. The molecule has 2 heterocycles. The Morgan fingerprint density at radius 3 is 2.62 bits per heavy atom. The second-order valence-corrected chi connectivity index (χ2v) is 4.68. The Balaban J connectivity index is 1.79. The first-order valence-electron chi connectivity index (χ1n) is 6.55. The van der Waals surface area contributed by atoms with Gasteiger partial charge in [-0.15, -0.1) is 5.10 Å². The number of benzene rings is 1. The van der Waals surface area contributed by atoms with E-state index in [4.69, 9.17) is 4.74 Å². The lowest BCUT2D eigenvalue weighted by atomic mass is 10.2. The van der Waals surface area contributed by atoms with Crippen LogP contribution in [0.5, 0.6) is 0 Å². The van der Waals surface area contributed by atoms with Gasteiger partial charge in [-0.25, -0.2) is 4.68 Å². The second kappa shape index (κ2) is 5.94. The van der Waals surface area contributed by atoms with E-state index in [-0.39, 0.29) is 5.69 Å². The SMILES string of the molecule is O=[N+]([O-])c1ccc(-c2nnnn2CN2CCOCC2)cc1. The van der Waals surface area contributed by atoms with E-state index in [1.807, 2.05) is 0 Å². The van der Waals surface area contributed by atoms with Crippen molar-refractivity contribution < 1.29 is 9.66 Å². The number of hydrogen-bond acceptors (Lipinski definition) is 7. The molecule has 2 aromatic rings. The summed E-state index contributed by atoms with van der Waals surface area (Å²) in [7, 11) is 0. The largest absolute Gasteiger partial charge is 0.379 e. The Kier molecular flexibility index (Phi) is 3.84. The maximum atomic E-state index is 10.7. The molecule has 110 valence electrons. The lowest BCUT2D eigenvalue weighted by molar-refractivity contribution is -0.384. The van der Waals surface area contributed by atoms with Crippen LogP contribution in [0.2, 0.25) is 0 Å². The van der Waals surface area contributed by atoms with E-state index in [0.717, 1.165) is 18.7 Å². The number of nitro groups is 1. The van der Waals surface area contributed by atoms with E-state index in [1.54, 1.807) is 16.8 Å². The maximum Gasteiger partial charge on any atom is 0.269 e. The normalized spacial score (nSPS) is 16.0. The van der Waals surface area contributed by atoms with Crippen LogP contribution in [0.25, 0.3) is 11.4 Å². The number of non-ortho nitro benzene ring substituents is 1. The topological polar surface area (TPSA) is 99.2 Å². The maximum absolute atomic E-state index is 10.7. The molecule has 0 radical (unpaired) electrons. The van der Waals surface area contributed by atoms with Gasteiger partial charge >= 0.3 is 0 Å². The Morgan fingerprint density at radius 2 is 1.95 bits per heavy atom. The van der Waals surface area contributed by atoms with E-state index in [2.05, 4.69) is 20.4 Å². The van der Waals surface area contributed by atoms with Gasteiger partial charge in [0.05, 0.1) is 24.8 Å². The zero-order valence-electron chi connectivity index (χ0n) is 11.3. The summed E-state index contributed by atoms with van der Waals surface area (Å²) >= 11 is 0. The van der Waals surface area contributed by atoms with Gasteiger partial charge in [0.15, 0.2) is 5.82 Å². The summed E-state index contributed by atoms with van der Waals surface area (Å²) in [5.74, 6) is 0.594. The summed E-state index contributed by atoms with van der Waals surface area (Å²) in [5, 5.41) is 22.3. The van der Waals surface area contributed by atoms with Gasteiger partial charge in [-0.1, -0.05) is 0 Å². The number of hydrogen-bond donors (Lipinski definition) is 0. The summed E-state index contributed by atoms with van der Waals surface area (Å²) < 4.78 is 6.99. The highest BCUT2D eigenvalue weighted by Crippen LogP contribution is 2.20. The van der Waals surface area contributed by atoms with Crippen molar-refractivity contribution in [2.24, 2.45) is 0 Å². The van der Waals surface area contributed by atoms with Crippen molar-refractivity contribution in [3.8, 4) is 11.4 Å². The van der Waals surface area contributed by atoms with Crippen LogP contribution in [0, 0.1) is 10.1 Å². The van der Waals surface area contributed by atoms with Crippen molar-refractivity contribution in [1.29, 1.82) is 0 Å². The van der Waals surface area contributed by atoms with Crippen molar-refractivity contribution in [2.75, 3.05) is 26.3 Å². The Labute approximate surface area is 120 Å². The van der Waals surface area contributed by atoms with Gasteiger partial charge in [0, 0.05) is 30.8 Å². The molecule has 1 aromatic heterocycles. The minimum Gasteiger partial charge on any atom is -0.379 e. The molecule has 9 nitrogen and oxygen atoms in total. The molecule has 1 aliphatic heterocycles. The van der Waals surface area contributed by atoms with E-state index in [9.17, 15) is 10.1 Å². The van der Waals surface area contributed by atoms with Gasteiger partial charge < -0.3 is 4.74 Å². The first-order chi connectivity index (χ1) is 10.2. The third-order valence-electron chi connectivity index (χ3n) is 3.31. The third-order valence-corrected chi connectivity index (χ3v) is 3.31. The molecule has 0 bridgehead atoms. The Morgan fingerprint density at radius 1 is 1.24 bits per heavy atom. The van der Waals surface area contributed by atoms with Gasteiger partial charge in [0.1, 0.15) is 0 Å². The number of aromatic nitrogens is 4. The molecule has 1 fully saturated rings. The first kappa shape index (κ1) is 13.6. The molecular weight excluding hydrogens is 276 g/mol. The summed E-state index contributed by atoms with van der Waals surface area (Å²) in [6.07, 6.45) is 0. The molecule has 0 spiro atoms. The van der Waals surface area contributed by atoms with Crippen LogP contribution in [0.4, 0.5) is 5.69 Å². The third kappa shape index (κ3) is 3.03. The fraction of sp³-hybridized carbons (Fsp3) is 0.417. The fourth-order valence-corrected chi connectivity index (χ4v) is 2.17. The number of tetrazole rings is 1. The minimum absolute atomic E-state index is 0.0472. The monoisotopic (exact) mass is 290 g/mol.